The van der Waals surface area contributed by atoms with Crippen molar-refractivity contribution in [2.24, 2.45) is 0 Å². The fourth-order valence-electron chi connectivity index (χ4n) is 2.44. The SMILES string of the molecule is CCCS(=O)(=O)c1ccccc1C(=O)N[C@@H](C)c1cccc(Cl)c1. The number of nitrogens with one attached hydrogen (secondary N) is 1. The first-order chi connectivity index (χ1) is 11.3. The monoisotopic (exact) mass is 365 g/mol. The molecule has 1 amide bonds. The van der Waals surface area contributed by atoms with E-state index >= 15 is 0 Å². The molecule has 0 aliphatic carbocycles. The molecule has 0 bridgehead atoms. The summed E-state index contributed by atoms with van der Waals surface area (Å²) in [6.07, 6.45) is 0.497. The van der Waals surface area contributed by atoms with E-state index in [0.29, 0.717) is 11.4 Å². The number of halogens is 1. The second kappa shape index (κ2) is 7.81. The Hall–Kier alpha value is -1.85. The molecule has 1 atom stereocenters. The molecule has 1 N–H and O–H groups in total. The van der Waals surface area contributed by atoms with Crippen molar-refractivity contribution in [1.82, 2.24) is 5.32 Å². The van der Waals surface area contributed by atoms with E-state index < -0.39 is 15.7 Å². The molecule has 0 heterocycles. The van der Waals surface area contributed by atoms with Crippen molar-refractivity contribution < 1.29 is 13.2 Å². The van der Waals surface area contributed by atoms with Crippen LogP contribution in [-0.2, 0) is 9.84 Å². The van der Waals surface area contributed by atoms with Crippen molar-refractivity contribution in [2.45, 2.75) is 31.2 Å². The van der Waals surface area contributed by atoms with E-state index in [9.17, 15) is 13.2 Å². The molecule has 4 nitrogen and oxygen atoms in total. The van der Waals surface area contributed by atoms with E-state index in [1.165, 1.54) is 12.1 Å². The van der Waals surface area contributed by atoms with Crippen molar-refractivity contribution in [2.75, 3.05) is 5.75 Å². The highest BCUT2D eigenvalue weighted by Gasteiger charge is 2.22. The lowest BCUT2D eigenvalue weighted by atomic mass is 10.1. The number of carbonyl (C=O) groups excluding carboxylic acids is 1. The summed E-state index contributed by atoms with van der Waals surface area (Å²) in [6, 6.07) is 13.2. The Morgan fingerprint density at radius 1 is 1.17 bits per heavy atom. The molecular formula is C18H20ClNO3S. The molecule has 0 unspecified atom stereocenters. The zero-order valence-corrected chi connectivity index (χ0v) is 15.2. The number of amides is 1. The Morgan fingerprint density at radius 2 is 1.88 bits per heavy atom. The third-order valence-corrected chi connectivity index (χ3v) is 5.84. The maximum absolute atomic E-state index is 12.6. The van der Waals surface area contributed by atoms with E-state index in [0.717, 1.165) is 5.56 Å². The van der Waals surface area contributed by atoms with E-state index in [4.69, 9.17) is 11.6 Å². The van der Waals surface area contributed by atoms with Gasteiger partial charge in [-0.3, -0.25) is 4.79 Å². The second-order valence-corrected chi connectivity index (χ2v) is 8.08. The number of benzene rings is 2. The molecular weight excluding hydrogens is 346 g/mol. The number of carbonyl (C=O) groups is 1. The van der Waals surface area contributed by atoms with Crippen LogP contribution < -0.4 is 5.32 Å². The van der Waals surface area contributed by atoms with Gasteiger partial charge >= 0.3 is 0 Å². The highest BCUT2D eigenvalue weighted by molar-refractivity contribution is 7.91. The van der Waals surface area contributed by atoms with Gasteiger partial charge < -0.3 is 5.32 Å². The molecule has 2 aromatic rings. The van der Waals surface area contributed by atoms with E-state index in [1.54, 1.807) is 37.3 Å². The third kappa shape index (κ3) is 4.36. The van der Waals surface area contributed by atoms with Gasteiger partial charge in [0.25, 0.3) is 5.91 Å². The summed E-state index contributed by atoms with van der Waals surface area (Å²) < 4.78 is 24.7. The molecule has 0 radical (unpaired) electrons. The lowest BCUT2D eigenvalue weighted by molar-refractivity contribution is 0.0936. The van der Waals surface area contributed by atoms with Gasteiger partial charge in [-0.05, 0) is 43.2 Å². The van der Waals surface area contributed by atoms with Crippen molar-refractivity contribution in [3.63, 3.8) is 0 Å². The first kappa shape index (κ1) is 18.5. The van der Waals surface area contributed by atoms with Crippen LogP contribution in [-0.4, -0.2) is 20.1 Å². The zero-order valence-electron chi connectivity index (χ0n) is 13.6. The Bertz CT molecular complexity index is 834. The van der Waals surface area contributed by atoms with E-state index in [-0.39, 0.29) is 22.3 Å². The summed E-state index contributed by atoms with van der Waals surface area (Å²) in [7, 11) is -3.48. The van der Waals surface area contributed by atoms with Crippen molar-refractivity contribution in [3.8, 4) is 0 Å². The smallest absolute Gasteiger partial charge is 0.253 e. The minimum atomic E-state index is -3.48. The fraction of sp³-hybridized carbons (Fsp3) is 0.278. The van der Waals surface area contributed by atoms with Crippen LogP contribution in [0.3, 0.4) is 0 Å². The van der Waals surface area contributed by atoms with Crippen LogP contribution >= 0.6 is 11.6 Å². The molecule has 0 aromatic heterocycles. The minimum Gasteiger partial charge on any atom is -0.345 e. The van der Waals surface area contributed by atoms with Gasteiger partial charge in [0.05, 0.1) is 22.3 Å². The molecule has 0 fully saturated rings. The predicted octanol–water partition coefficient (Wildman–Crippen LogP) is 4.01. The average molecular weight is 366 g/mol. The topological polar surface area (TPSA) is 63.2 Å². The summed E-state index contributed by atoms with van der Waals surface area (Å²) in [5.41, 5.74) is 1.02. The molecule has 0 aliphatic rings. The lowest BCUT2D eigenvalue weighted by Gasteiger charge is -2.16. The highest BCUT2D eigenvalue weighted by atomic mass is 35.5. The number of hydrogen-bond donors (Lipinski definition) is 1. The molecule has 2 aromatic carbocycles. The maximum Gasteiger partial charge on any atom is 0.253 e. The van der Waals surface area contributed by atoms with E-state index in [2.05, 4.69) is 5.32 Å². The minimum absolute atomic E-state index is 0.0150. The number of hydrogen-bond acceptors (Lipinski definition) is 3. The van der Waals surface area contributed by atoms with Gasteiger partial charge in [0, 0.05) is 5.02 Å². The third-order valence-electron chi connectivity index (χ3n) is 3.64. The van der Waals surface area contributed by atoms with E-state index in [1.807, 2.05) is 13.0 Å². The first-order valence-electron chi connectivity index (χ1n) is 7.73. The molecule has 0 saturated carbocycles. The summed E-state index contributed by atoms with van der Waals surface area (Å²) in [5, 5.41) is 3.42. The van der Waals surface area contributed by atoms with Crippen LogP contribution in [0, 0.1) is 0 Å². The Morgan fingerprint density at radius 3 is 2.54 bits per heavy atom. The largest absolute Gasteiger partial charge is 0.345 e. The molecule has 0 saturated heterocycles. The van der Waals surface area contributed by atoms with Gasteiger partial charge in [-0.15, -0.1) is 0 Å². The van der Waals surface area contributed by atoms with Crippen molar-refractivity contribution >= 4 is 27.3 Å². The Balaban J connectivity index is 2.28. The molecule has 24 heavy (non-hydrogen) atoms. The summed E-state index contributed by atoms with van der Waals surface area (Å²) in [5.74, 6) is -0.404. The molecule has 0 spiro atoms. The summed E-state index contributed by atoms with van der Waals surface area (Å²) in [6.45, 7) is 3.62. The summed E-state index contributed by atoms with van der Waals surface area (Å²) >= 11 is 5.97. The van der Waals surface area contributed by atoms with Gasteiger partial charge in [-0.25, -0.2) is 8.42 Å². The molecule has 2 rings (SSSR count). The standard InChI is InChI=1S/C18H20ClNO3S/c1-3-11-24(22,23)17-10-5-4-9-16(17)18(21)20-13(2)14-7-6-8-15(19)12-14/h4-10,12-13H,3,11H2,1-2H3,(H,20,21)/t13-/m0/s1. The van der Waals surface area contributed by atoms with Crippen LogP contribution in [0.25, 0.3) is 0 Å². The van der Waals surface area contributed by atoms with Gasteiger partial charge in [-0.2, -0.15) is 0 Å². The second-order valence-electron chi connectivity index (χ2n) is 5.57. The molecule has 0 aliphatic heterocycles. The van der Waals surface area contributed by atoms with Crippen molar-refractivity contribution in [3.05, 3.63) is 64.7 Å². The van der Waals surface area contributed by atoms with Crippen LogP contribution in [0.2, 0.25) is 5.02 Å². The normalized spacial score (nSPS) is 12.6. The quantitative estimate of drug-likeness (QED) is 0.841. The predicted molar refractivity (Wildman–Crippen MR) is 96.1 cm³/mol. The highest BCUT2D eigenvalue weighted by Crippen LogP contribution is 2.21. The van der Waals surface area contributed by atoms with Gasteiger partial charge in [0.15, 0.2) is 9.84 Å². The van der Waals surface area contributed by atoms with Crippen molar-refractivity contribution in [1.29, 1.82) is 0 Å². The number of rotatable bonds is 6. The molecule has 6 heteroatoms. The average Bonchev–Trinajstić information content (AvgIpc) is 2.54. The van der Waals surface area contributed by atoms with Crippen LogP contribution in [0.5, 0.6) is 0 Å². The Labute approximate surface area is 147 Å². The van der Waals surface area contributed by atoms with Gasteiger partial charge in [0.1, 0.15) is 0 Å². The molecule has 128 valence electrons. The maximum atomic E-state index is 12.6. The number of sulfone groups is 1. The Kier molecular flexibility index (Phi) is 6.02. The summed E-state index contributed by atoms with van der Waals surface area (Å²) in [4.78, 5) is 12.6. The van der Waals surface area contributed by atoms with Gasteiger partial charge in [0.2, 0.25) is 0 Å². The first-order valence-corrected chi connectivity index (χ1v) is 9.76. The lowest BCUT2D eigenvalue weighted by Crippen LogP contribution is -2.28. The van der Waals surface area contributed by atoms with Gasteiger partial charge in [-0.1, -0.05) is 42.8 Å². The fourth-order valence-corrected chi connectivity index (χ4v) is 4.18. The zero-order chi connectivity index (χ0) is 17.7. The van der Waals surface area contributed by atoms with Crippen LogP contribution in [0.1, 0.15) is 42.2 Å². The van der Waals surface area contributed by atoms with Crippen LogP contribution in [0.4, 0.5) is 0 Å². The van der Waals surface area contributed by atoms with Crippen LogP contribution in [0.15, 0.2) is 53.4 Å².